The van der Waals surface area contributed by atoms with Gasteiger partial charge in [0.05, 0.1) is 18.9 Å². The first kappa shape index (κ1) is 29.8. The number of hydrogen-bond donors (Lipinski definition) is 0. The van der Waals surface area contributed by atoms with Gasteiger partial charge in [0.15, 0.2) is 0 Å². The van der Waals surface area contributed by atoms with Crippen LogP contribution in [0.15, 0.2) is 66.9 Å². The van der Waals surface area contributed by atoms with Gasteiger partial charge in [0.25, 0.3) is 0 Å². The molecule has 0 saturated carbocycles. The number of fused-ring (bicyclic) bond motifs is 2. The average Bonchev–Trinajstić information content (AvgIpc) is 3.17. The Kier molecular flexibility index (Phi) is 10.7. The molecule has 0 bridgehead atoms. The Morgan fingerprint density at radius 1 is 1.07 bits per heavy atom. The van der Waals surface area contributed by atoms with Crippen LogP contribution in [0.25, 0.3) is 5.57 Å². The third kappa shape index (κ3) is 7.80. The van der Waals surface area contributed by atoms with Gasteiger partial charge in [-0.25, -0.2) is 0 Å². The van der Waals surface area contributed by atoms with Gasteiger partial charge >= 0.3 is 5.97 Å². The molecule has 2 aliphatic rings. The summed E-state index contributed by atoms with van der Waals surface area (Å²) in [5.41, 5.74) is 7.17. The molecule has 3 heterocycles. The van der Waals surface area contributed by atoms with Gasteiger partial charge in [0, 0.05) is 30.3 Å². The molecule has 5 rings (SSSR count). The molecule has 0 amide bonds. The number of esters is 1. The summed E-state index contributed by atoms with van der Waals surface area (Å²) in [5.74, 6) is 2.08. The van der Waals surface area contributed by atoms with Gasteiger partial charge < -0.3 is 19.1 Å². The molecule has 3 aromatic rings. The fourth-order valence-corrected chi connectivity index (χ4v) is 6.01. The number of aromatic nitrogens is 1. The Hall–Kier alpha value is -3.64. The van der Waals surface area contributed by atoms with Crippen LogP contribution in [0, 0.1) is 0 Å². The lowest BCUT2D eigenvalue weighted by Crippen LogP contribution is -2.33. The van der Waals surface area contributed by atoms with E-state index in [2.05, 4.69) is 59.3 Å². The van der Waals surface area contributed by atoms with Crippen molar-refractivity contribution in [3.8, 4) is 11.5 Å². The Bertz CT molecular complexity index is 1340. The highest BCUT2D eigenvalue weighted by molar-refractivity contribution is 5.85. The van der Waals surface area contributed by atoms with Crippen LogP contribution in [-0.4, -0.2) is 48.7 Å². The highest BCUT2D eigenvalue weighted by Crippen LogP contribution is 2.38. The molecule has 0 spiro atoms. The van der Waals surface area contributed by atoms with Crippen LogP contribution in [0.5, 0.6) is 11.5 Å². The molecule has 222 valence electrons. The first-order chi connectivity index (χ1) is 20.6. The first-order valence-electron chi connectivity index (χ1n) is 15.7. The van der Waals surface area contributed by atoms with Crippen LogP contribution in [0.1, 0.15) is 86.2 Å². The van der Waals surface area contributed by atoms with Gasteiger partial charge in [-0.15, -0.1) is 0 Å². The number of pyridine rings is 1. The summed E-state index contributed by atoms with van der Waals surface area (Å²) in [4.78, 5) is 18.9. The smallest absolute Gasteiger partial charge is 0.305 e. The molecule has 0 N–H and O–H groups in total. The van der Waals surface area contributed by atoms with Crippen molar-refractivity contribution in [2.45, 2.75) is 71.3 Å². The highest BCUT2D eigenvalue weighted by Gasteiger charge is 2.22. The van der Waals surface area contributed by atoms with Crippen LogP contribution in [0.4, 0.5) is 0 Å². The number of benzene rings is 2. The number of carbonyl (C=O) groups excluding carboxylic acids is 1. The first-order valence-corrected chi connectivity index (χ1v) is 15.7. The number of piperidine rings is 1. The summed E-state index contributed by atoms with van der Waals surface area (Å²) in [5, 5.41) is 0. The zero-order valence-electron chi connectivity index (χ0n) is 25.1. The average molecular weight is 569 g/mol. The number of nitrogens with zero attached hydrogens (tertiary/aromatic N) is 2. The van der Waals surface area contributed by atoms with Crippen LogP contribution in [-0.2, 0) is 22.6 Å². The molecule has 1 fully saturated rings. The molecule has 0 atom stereocenters. The van der Waals surface area contributed by atoms with Crippen molar-refractivity contribution in [1.29, 1.82) is 0 Å². The van der Waals surface area contributed by atoms with E-state index < -0.39 is 0 Å². The Labute approximate surface area is 250 Å². The number of likely N-dealkylation sites (tertiary alicyclic amines) is 1. The maximum Gasteiger partial charge on any atom is 0.305 e. The van der Waals surface area contributed by atoms with Gasteiger partial charge in [-0.2, -0.15) is 0 Å². The zero-order chi connectivity index (χ0) is 29.1. The van der Waals surface area contributed by atoms with Crippen molar-refractivity contribution >= 4 is 11.5 Å². The van der Waals surface area contributed by atoms with Crippen molar-refractivity contribution < 1.29 is 19.0 Å². The van der Waals surface area contributed by atoms with Crippen LogP contribution in [0.2, 0.25) is 0 Å². The number of ether oxygens (including phenoxy) is 3. The highest BCUT2D eigenvalue weighted by atomic mass is 16.5. The van der Waals surface area contributed by atoms with Crippen molar-refractivity contribution in [2.75, 3.05) is 32.8 Å². The van der Waals surface area contributed by atoms with E-state index in [1.54, 1.807) is 0 Å². The summed E-state index contributed by atoms with van der Waals surface area (Å²) in [6.45, 7) is 8.65. The fraction of sp³-hybridized carbons (Fsp3) is 0.444. The molecule has 6 nitrogen and oxygen atoms in total. The molecule has 2 aliphatic heterocycles. The normalized spacial score (nSPS) is 16.3. The second-order valence-corrected chi connectivity index (χ2v) is 11.2. The Morgan fingerprint density at radius 3 is 2.69 bits per heavy atom. The SMILES string of the molecule is CCCc1ccc(C2CCN(CC/C=C3/c4cc(OCCCC(=O)OCC)ccc4OCc4ncccc43)CC2)cc1. The summed E-state index contributed by atoms with van der Waals surface area (Å²) in [6.07, 6.45) is 10.9. The largest absolute Gasteiger partial charge is 0.494 e. The van der Waals surface area contributed by atoms with Crippen molar-refractivity contribution in [2.24, 2.45) is 0 Å². The molecule has 0 aliphatic carbocycles. The summed E-state index contributed by atoms with van der Waals surface area (Å²) in [6, 6.07) is 19.4. The van der Waals surface area contributed by atoms with Gasteiger partial charge in [0.1, 0.15) is 18.1 Å². The van der Waals surface area contributed by atoms with Gasteiger partial charge in [-0.05, 0) is 99.0 Å². The lowest BCUT2D eigenvalue weighted by Gasteiger charge is -2.32. The van der Waals surface area contributed by atoms with Crippen LogP contribution < -0.4 is 9.47 Å². The van der Waals surface area contributed by atoms with Crippen LogP contribution >= 0.6 is 0 Å². The second-order valence-electron chi connectivity index (χ2n) is 11.2. The van der Waals surface area contributed by atoms with E-state index >= 15 is 0 Å². The predicted molar refractivity (Wildman–Crippen MR) is 167 cm³/mol. The monoisotopic (exact) mass is 568 g/mol. The Balaban J connectivity index is 1.23. The minimum atomic E-state index is -0.184. The van der Waals surface area contributed by atoms with Crippen molar-refractivity contribution in [3.63, 3.8) is 0 Å². The minimum Gasteiger partial charge on any atom is -0.494 e. The van der Waals surface area contributed by atoms with E-state index in [9.17, 15) is 4.79 Å². The van der Waals surface area contributed by atoms with Gasteiger partial charge in [0.2, 0.25) is 0 Å². The number of aryl methyl sites for hydroxylation is 1. The van der Waals surface area contributed by atoms with E-state index in [0.29, 0.717) is 38.6 Å². The maximum atomic E-state index is 11.7. The van der Waals surface area contributed by atoms with Gasteiger partial charge in [-0.3, -0.25) is 9.78 Å². The van der Waals surface area contributed by atoms with Crippen molar-refractivity contribution in [1.82, 2.24) is 9.88 Å². The summed E-state index contributed by atoms with van der Waals surface area (Å²) in [7, 11) is 0. The topological polar surface area (TPSA) is 60.9 Å². The quantitative estimate of drug-likeness (QED) is 0.168. The number of carbonyl (C=O) groups is 1. The molecular weight excluding hydrogens is 524 g/mol. The standard InChI is InChI=1S/C36H44N2O4/c1-3-8-27-12-14-28(15-13-27)29-18-22-38(23-19-29)21-6-10-31-32-9-5-20-37-34(32)26-42-35-17-16-30(25-33(31)35)41-24-7-11-36(39)40-4-2/h5,9-10,12-17,20,25,29H,3-4,6-8,11,18-19,21-24,26H2,1-2H3/b31-10+. The molecule has 42 heavy (non-hydrogen) atoms. The lowest BCUT2D eigenvalue weighted by atomic mass is 9.88. The molecule has 1 saturated heterocycles. The second kappa shape index (κ2) is 15.0. The predicted octanol–water partition coefficient (Wildman–Crippen LogP) is 7.35. The number of rotatable bonds is 12. The Morgan fingerprint density at radius 2 is 1.90 bits per heavy atom. The molecule has 0 radical (unpaired) electrons. The summed E-state index contributed by atoms with van der Waals surface area (Å²) >= 11 is 0. The lowest BCUT2D eigenvalue weighted by molar-refractivity contribution is -0.143. The molecule has 2 aromatic carbocycles. The zero-order valence-corrected chi connectivity index (χ0v) is 25.1. The summed E-state index contributed by atoms with van der Waals surface area (Å²) < 4.78 is 17.2. The maximum absolute atomic E-state index is 11.7. The van der Waals surface area contributed by atoms with E-state index in [1.165, 1.54) is 30.4 Å². The third-order valence-electron chi connectivity index (χ3n) is 8.26. The minimum absolute atomic E-state index is 0.184. The van der Waals surface area contributed by atoms with E-state index in [-0.39, 0.29) is 5.97 Å². The molecular formula is C36H44N2O4. The third-order valence-corrected chi connectivity index (χ3v) is 8.26. The fourth-order valence-electron chi connectivity index (χ4n) is 6.01. The van der Waals surface area contributed by atoms with E-state index in [0.717, 1.165) is 66.4 Å². The molecule has 1 aromatic heterocycles. The number of hydrogen-bond acceptors (Lipinski definition) is 6. The van der Waals surface area contributed by atoms with E-state index in [4.69, 9.17) is 14.2 Å². The molecule has 0 unspecified atom stereocenters. The van der Waals surface area contributed by atoms with E-state index in [1.807, 2.05) is 31.3 Å². The molecule has 6 heteroatoms. The van der Waals surface area contributed by atoms with Gasteiger partial charge in [-0.1, -0.05) is 49.8 Å². The van der Waals surface area contributed by atoms with Crippen LogP contribution in [0.3, 0.4) is 0 Å². The van der Waals surface area contributed by atoms with Crippen molar-refractivity contribution in [3.05, 3.63) is 94.8 Å².